The monoisotopic (exact) mass is 361 g/mol. The lowest BCUT2D eigenvalue weighted by Gasteiger charge is -2.17. The maximum Gasteiger partial charge on any atom is 0.238 e. The largest absolute Gasteiger partial charge is 0.478 e. The number of ether oxygens (including phenoxy) is 1. The van der Waals surface area contributed by atoms with E-state index >= 15 is 0 Å². The number of aryl methyl sites for hydroxylation is 1. The van der Waals surface area contributed by atoms with Gasteiger partial charge in [-0.05, 0) is 51.1 Å². The molecule has 2 N–H and O–H groups in total. The van der Waals surface area contributed by atoms with Gasteiger partial charge in [-0.2, -0.15) is 5.10 Å². The lowest BCUT2D eigenvalue weighted by atomic mass is 9.96. The van der Waals surface area contributed by atoms with E-state index in [0.29, 0.717) is 29.1 Å². The Morgan fingerprint density at radius 2 is 1.84 bits per heavy atom. The summed E-state index contributed by atoms with van der Waals surface area (Å²) in [5.41, 5.74) is 0.495. The molecule has 0 saturated heterocycles. The maximum atomic E-state index is 12.8. The highest BCUT2D eigenvalue weighted by molar-refractivity contribution is 7.89. The predicted octanol–water partition coefficient (Wildman–Crippen LogP) is 1.80. The van der Waals surface area contributed by atoms with Gasteiger partial charge >= 0.3 is 0 Å². The van der Waals surface area contributed by atoms with Crippen molar-refractivity contribution in [2.75, 3.05) is 0 Å². The van der Waals surface area contributed by atoms with Gasteiger partial charge in [0.1, 0.15) is 5.76 Å². The van der Waals surface area contributed by atoms with Crippen molar-refractivity contribution in [2.45, 2.75) is 37.8 Å². The van der Waals surface area contributed by atoms with Crippen molar-refractivity contribution in [2.24, 2.45) is 5.14 Å². The van der Waals surface area contributed by atoms with Gasteiger partial charge < -0.3 is 4.74 Å². The highest BCUT2D eigenvalue weighted by Gasteiger charge is 2.43. The van der Waals surface area contributed by atoms with Gasteiger partial charge in [0.2, 0.25) is 15.8 Å². The Labute approximate surface area is 146 Å². The molecule has 3 rings (SSSR count). The number of ketones is 1. The Morgan fingerprint density at radius 1 is 1.20 bits per heavy atom. The summed E-state index contributed by atoms with van der Waals surface area (Å²) < 4.78 is 30.4. The lowest BCUT2D eigenvalue weighted by Crippen LogP contribution is -2.29. The second-order valence-corrected chi connectivity index (χ2v) is 7.83. The number of sulfonamides is 1. The van der Waals surface area contributed by atoms with Gasteiger partial charge in [0.15, 0.2) is 5.60 Å². The number of aromatic nitrogens is 2. The normalized spacial score (nSPS) is 17.0. The average Bonchev–Trinajstić information content (AvgIpc) is 3.10. The van der Waals surface area contributed by atoms with E-state index in [1.165, 1.54) is 12.1 Å². The van der Waals surface area contributed by atoms with Gasteiger partial charge in [-0.25, -0.2) is 13.6 Å². The molecule has 7 nitrogen and oxygen atoms in total. The highest BCUT2D eigenvalue weighted by Crippen LogP contribution is 2.40. The number of carbonyl (C=O) groups is 1. The number of benzene rings is 1. The molecule has 0 unspecified atom stereocenters. The van der Waals surface area contributed by atoms with Crippen molar-refractivity contribution < 1.29 is 17.9 Å². The van der Waals surface area contributed by atoms with Crippen molar-refractivity contribution >= 4 is 27.1 Å². The van der Waals surface area contributed by atoms with E-state index in [4.69, 9.17) is 9.88 Å². The maximum absolute atomic E-state index is 12.8. The smallest absolute Gasteiger partial charge is 0.238 e. The third-order valence-electron chi connectivity index (χ3n) is 4.02. The van der Waals surface area contributed by atoms with E-state index < -0.39 is 15.6 Å². The van der Waals surface area contributed by atoms with Gasteiger partial charge in [-0.3, -0.25) is 9.48 Å². The second-order valence-electron chi connectivity index (χ2n) is 6.27. The molecule has 0 aliphatic carbocycles. The molecule has 8 heteroatoms. The Balaban J connectivity index is 2.13. The molecule has 0 spiro atoms. The quantitative estimate of drug-likeness (QED) is 0.894. The highest BCUT2D eigenvalue weighted by atomic mass is 32.2. The van der Waals surface area contributed by atoms with Gasteiger partial charge in [-0.1, -0.05) is 0 Å². The molecule has 0 saturated carbocycles. The number of rotatable bonds is 4. The third kappa shape index (κ3) is 3.10. The molecular weight excluding hydrogens is 342 g/mol. The summed E-state index contributed by atoms with van der Waals surface area (Å²) in [5, 5.41) is 9.53. The molecule has 1 aromatic carbocycles. The molecule has 0 radical (unpaired) electrons. The molecule has 0 amide bonds. The Hall–Kier alpha value is -2.45. The molecule has 1 aliphatic rings. The molecule has 25 heavy (non-hydrogen) atoms. The van der Waals surface area contributed by atoms with E-state index in [1.807, 2.05) is 6.92 Å². The fraction of sp³-hybridized carbons (Fsp3) is 0.294. The number of hydrogen-bond acceptors (Lipinski definition) is 5. The summed E-state index contributed by atoms with van der Waals surface area (Å²) >= 11 is 0. The zero-order chi connectivity index (χ0) is 18.4. The number of nitrogens with two attached hydrogens (primary N) is 1. The number of nitrogens with zero attached hydrogens (tertiary/aromatic N) is 2. The van der Waals surface area contributed by atoms with Crippen LogP contribution in [0.5, 0.6) is 0 Å². The first-order chi connectivity index (χ1) is 11.6. The Kier molecular flexibility index (Phi) is 4.04. The molecule has 0 fully saturated rings. The molecule has 0 atom stereocenters. The predicted molar refractivity (Wildman–Crippen MR) is 92.7 cm³/mol. The standard InChI is InChI=1S/C17H19N3O4S/c1-4-20-10-9-13(19-20)14-15(24-17(2,3)16(14)21)11-5-7-12(8-6-11)25(18,22)23/h5-10H,4H2,1-3H3,(H2,18,22,23). The number of hydrogen-bond donors (Lipinski definition) is 1. The Morgan fingerprint density at radius 3 is 2.36 bits per heavy atom. The van der Waals surface area contributed by atoms with Gasteiger partial charge in [0.05, 0.1) is 16.2 Å². The van der Waals surface area contributed by atoms with E-state index in [1.54, 1.807) is 42.9 Å². The first-order valence-electron chi connectivity index (χ1n) is 7.78. The average molecular weight is 361 g/mol. The van der Waals surface area contributed by atoms with Crippen LogP contribution in [-0.2, 0) is 26.1 Å². The second kappa shape index (κ2) is 5.82. The van der Waals surface area contributed by atoms with E-state index in [9.17, 15) is 13.2 Å². The van der Waals surface area contributed by atoms with Crippen molar-refractivity contribution in [3.8, 4) is 0 Å². The van der Waals surface area contributed by atoms with Gasteiger partial charge in [-0.15, -0.1) is 0 Å². The summed E-state index contributed by atoms with van der Waals surface area (Å²) in [6, 6.07) is 7.68. The SMILES string of the molecule is CCn1ccc(C2=C(c3ccc(S(N)(=O)=O)cc3)OC(C)(C)C2=O)n1. The van der Waals surface area contributed by atoms with E-state index in [0.717, 1.165) is 0 Å². The van der Waals surface area contributed by atoms with Crippen molar-refractivity contribution in [3.05, 3.63) is 47.8 Å². The molecule has 1 aromatic heterocycles. The number of Topliss-reactive ketones (excluding diaryl/α,β-unsaturated/α-hetero) is 1. The minimum absolute atomic E-state index is 0.00255. The van der Waals surface area contributed by atoms with Crippen LogP contribution >= 0.6 is 0 Å². The van der Waals surface area contributed by atoms with Crippen LogP contribution < -0.4 is 5.14 Å². The lowest BCUT2D eigenvalue weighted by molar-refractivity contribution is -0.125. The van der Waals surface area contributed by atoms with Crippen LogP contribution in [0.15, 0.2) is 41.4 Å². The minimum Gasteiger partial charge on any atom is -0.478 e. The number of carbonyl (C=O) groups excluding carboxylic acids is 1. The summed E-state index contributed by atoms with van der Waals surface area (Å²) in [6.07, 6.45) is 1.79. The fourth-order valence-corrected chi connectivity index (χ4v) is 3.18. The van der Waals surface area contributed by atoms with Crippen LogP contribution in [0.25, 0.3) is 11.3 Å². The number of primary sulfonamides is 1. The molecule has 0 bridgehead atoms. The van der Waals surface area contributed by atoms with Crippen LogP contribution in [0.3, 0.4) is 0 Å². The topological polar surface area (TPSA) is 104 Å². The molecule has 132 valence electrons. The first-order valence-corrected chi connectivity index (χ1v) is 9.33. The van der Waals surface area contributed by atoms with Crippen molar-refractivity contribution in [3.63, 3.8) is 0 Å². The molecule has 2 aromatic rings. The minimum atomic E-state index is -3.78. The molecule has 2 heterocycles. The van der Waals surface area contributed by atoms with Crippen LogP contribution in [0, 0.1) is 0 Å². The van der Waals surface area contributed by atoms with E-state index in [2.05, 4.69) is 5.10 Å². The zero-order valence-corrected chi connectivity index (χ0v) is 15.0. The van der Waals surface area contributed by atoms with Crippen LogP contribution in [0.1, 0.15) is 32.0 Å². The zero-order valence-electron chi connectivity index (χ0n) is 14.2. The molecular formula is C17H19N3O4S. The molecule has 1 aliphatic heterocycles. The summed E-state index contributed by atoms with van der Waals surface area (Å²) in [4.78, 5) is 12.8. The summed E-state index contributed by atoms with van der Waals surface area (Å²) in [7, 11) is -3.78. The summed E-state index contributed by atoms with van der Waals surface area (Å²) in [6.45, 7) is 6.02. The van der Waals surface area contributed by atoms with E-state index in [-0.39, 0.29) is 10.7 Å². The first kappa shape index (κ1) is 17.4. The van der Waals surface area contributed by atoms with Crippen molar-refractivity contribution in [1.82, 2.24) is 9.78 Å². The fourth-order valence-electron chi connectivity index (χ4n) is 2.66. The van der Waals surface area contributed by atoms with Crippen LogP contribution in [0.4, 0.5) is 0 Å². The van der Waals surface area contributed by atoms with Crippen LogP contribution in [0.2, 0.25) is 0 Å². The Bertz CT molecular complexity index is 970. The third-order valence-corrected chi connectivity index (χ3v) is 4.95. The van der Waals surface area contributed by atoms with Gasteiger partial charge in [0, 0.05) is 18.3 Å². The summed E-state index contributed by atoms with van der Waals surface area (Å²) in [5.74, 6) is 0.219. The van der Waals surface area contributed by atoms with Crippen LogP contribution in [-0.4, -0.2) is 29.6 Å². The van der Waals surface area contributed by atoms with Crippen molar-refractivity contribution in [1.29, 1.82) is 0 Å². The van der Waals surface area contributed by atoms with Gasteiger partial charge in [0.25, 0.3) is 0 Å².